The number of hydrogen-bond acceptors (Lipinski definition) is 2. The maximum atomic E-state index is 13.1. The van der Waals surface area contributed by atoms with Crippen LogP contribution < -0.4 is 5.32 Å². The van der Waals surface area contributed by atoms with Gasteiger partial charge in [-0.1, -0.05) is 35.9 Å². The molecule has 0 aliphatic carbocycles. The molecule has 0 unspecified atom stereocenters. The molecule has 3 aromatic rings. The minimum Gasteiger partial charge on any atom is -0.361 e. The fourth-order valence-corrected chi connectivity index (χ4v) is 3.82. The fourth-order valence-electron chi connectivity index (χ4n) is 3.82. The van der Waals surface area contributed by atoms with E-state index in [4.69, 9.17) is 0 Å². The lowest BCUT2D eigenvalue weighted by Crippen LogP contribution is -2.49. The zero-order chi connectivity index (χ0) is 19.5. The fraction of sp³-hybridized carbons (Fsp3) is 0.304. The van der Waals surface area contributed by atoms with E-state index in [0.717, 1.165) is 48.0 Å². The van der Waals surface area contributed by atoms with Crippen molar-refractivity contribution in [3.8, 4) is 0 Å². The molecule has 1 saturated heterocycles. The van der Waals surface area contributed by atoms with Crippen LogP contribution in [0, 0.1) is 6.92 Å². The second-order valence-corrected chi connectivity index (χ2v) is 7.49. The van der Waals surface area contributed by atoms with Crippen LogP contribution in [0.15, 0.2) is 54.7 Å². The van der Waals surface area contributed by atoms with E-state index in [-0.39, 0.29) is 11.8 Å². The highest BCUT2D eigenvalue weighted by atomic mass is 16.2. The first kappa shape index (κ1) is 18.3. The average molecular weight is 375 g/mol. The number of aromatic amines is 1. The van der Waals surface area contributed by atoms with Crippen molar-refractivity contribution < 1.29 is 9.59 Å². The van der Waals surface area contributed by atoms with Gasteiger partial charge in [-0.25, -0.2) is 0 Å². The first-order valence-electron chi connectivity index (χ1n) is 9.83. The smallest absolute Gasteiger partial charge is 0.251 e. The van der Waals surface area contributed by atoms with Gasteiger partial charge in [0.15, 0.2) is 0 Å². The van der Waals surface area contributed by atoms with E-state index in [2.05, 4.69) is 10.3 Å². The lowest BCUT2D eigenvalue weighted by molar-refractivity contribution is -0.132. The molecule has 0 spiro atoms. The minimum atomic E-state index is -0.578. The average Bonchev–Trinajstić information content (AvgIpc) is 3.38. The number of nitrogens with zero attached hydrogens (tertiary/aromatic N) is 1. The SMILES string of the molecule is Cc1ccc(C(=O)N[C@@H](Cc2c[nH]c3ccccc23)C(=O)N2CCCC2)cc1. The van der Waals surface area contributed by atoms with Gasteiger partial charge in [-0.3, -0.25) is 9.59 Å². The summed E-state index contributed by atoms with van der Waals surface area (Å²) in [6.45, 7) is 3.52. The highest BCUT2D eigenvalue weighted by Gasteiger charge is 2.29. The van der Waals surface area contributed by atoms with Crippen LogP contribution in [0.2, 0.25) is 0 Å². The lowest BCUT2D eigenvalue weighted by atomic mass is 10.0. The molecule has 28 heavy (non-hydrogen) atoms. The molecule has 4 rings (SSSR count). The number of fused-ring (bicyclic) bond motifs is 1. The summed E-state index contributed by atoms with van der Waals surface area (Å²) in [5.74, 6) is -0.208. The van der Waals surface area contributed by atoms with Gasteiger partial charge in [0.2, 0.25) is 5.91 Å². The molecule has 2 heterocycles. The predicted octanol–water partition coefficient (Wildman–Crippen LogP) is 3.44. The van der Waals surface area contributed by atoms with Crippen molar-refractivity contribution >= 4 is 22.7 Å². The van der Waals surface area contributed by atoms with Gasteiger partial charge in [-0.2, -0.15) is 0 Å². The summed E-state index contributed by atoms with van der Waals surface area (Å²) in [6, 6.07) is 14.9. The minimum absolute atomic E-state index is 0.00300. The van der Waals surface area contributed by atoms with E-state index in [1.807, 2.05) is 54.4 Å². The Morgan fingerprint density at radius 3 is 2.54 bits per heavy atom. The largest absolute Gasteiger partial charge is 0.361 e. The van der Waals surface area contributed by atoms with Crippen molar-refractivity contribution in [3.63, 3.8) is 0 Å². The van der Waals surface area contributed by atoms with Gasteiger partial charge in [-0.15, -0.1) is 0 Å². The summed E-state index contributed by atoms with van der Waals surface area (Å²) in [5.41, 5.74) is 3.75. The van der Waals surface area contributed by atoms with Crippen molar-refractivity contribution in [2.45, 2.75) is 32.2 Å². The van der Waals surface area contributed by atoms with Crippen LogP contribution in [0.4, 0.5) is 0 Å². The first-order valence-corrected chi connectivity index (χ1v) is 9.83. The lowest BCUT2D eigenvalue weighted by Gasteiger charge is -2.24. The molecule has 0 saturated carbocycles. The van der Waals surface area contributed by atoms with Gasteiger partial charge >= 0.3 is 0 Å². The van der Waals surface area contributed by atoms with E-state index in [0.29, 0.717) is 12.0 Å². The molecule has 1 aliphatic rings. The number of amides is 2. The van der Waals surface area contributed by atoms with E-state index in [1.165, 1.54) is 0 Å². The number of rotatable bonds is 5. The van der Waals surface area contributed by atoms with E-state index < -0.39 is 6.04 Å². The van der Waals surface area contributed by atoms with Crippen molar-refractivity contribution in [1.29, 1.82) is 0 Å². The number of benzene rings is 2. The molecule has 1 aliphatic heterocycles. The summed E-state index contributed by atoms with van der Waals surface area (Å²) in [5, 5.41) is 4.08. The number of hydrogen-bond donors (Lipinski definition) is 2. The number of aromatic nitrogens is 1. The van der Waals surface area contributed by atoms with E-state index >= 15 is 0 Å². The summed E-state index contributed by atoms with van der Waals surface area (Å²) >= 11 is 0. The summed E-state index contributed by atoms with van der Waals surface area (Å²) in [4.78, 5) is 31.0. The zero-order valence-electron chi connectivity index (χ0n) is 16.1. The van der Waals surface area contributed by atoms with Gasteiger partial charge in [0, 0.05) is 42.2 Å². The zero-order valence-corrected chi connectivity index (χ0v) is 16.1. The molecule has 2 aromatic carbocycles. The number of nitrogens with one attached hydrogen (secondary N) is 2. The van der Waals surface area contributed by atoms with Crippen molar-refractivity contribution in [2.75, 3.05) is 13.1 Å². The van der Waals surface area contributed by atoms with Crippen LogP contribution in [-0.4, -0.2) is 40.8 Å². The Balaban J connectivity index is 1.58. The third-order valence-corrected chi connectivity index (χ3v) is 5.43. The topological polar surface area (TPSA) is 65.2 Å². The molecule has 1 aromatic heterocycles. The third kappa shape index (κ3) is 3.79. The van der Waals surface area contributed by atoms with Crippen molar-refractivity contribution in [1.82, 2.24) is 15.2 Å². The van der Waals surface area contributed by atoms with Crippen LogP contribution in [0.5, 0.6) is 0 Å². The molecule has 5 heteroatoms. The number of H-pyrrole nitrogens is 1. The summed E-state index contributed by atoms with van der Waals surface area (Å²) in [7, 11) is 0. The third-order valence-electron chi connectivity index (χ3n) is 5.43. The van der Waals surface area contributed by atoms with Gasteiger partial charge < -0.3 is 15.2 Å². The maximum Gasteiger partial charge on any atom is 0.251 e. The Morgan fingerprint density at radius 1 is 1.07 bits per heavy atom. The van der Waals surface area contributed by atoms with Gasteiger partial charge in [0.05, 0.1) is 0 Å². The molecule has 2 amide bonds. The molecule has 0 bridgehead atoms. The Kier molecular flexibility index (Phi) is 5.15. The predicted molar refractivity (Wildman–Crippen MR) is 110 cm³/mol. The number of para-hydroxylation sites is 1. The van der Waals surface area contributed by atoms with E-state index in [9.17, 15) is 9.59 Å². The normalized spacial score (nSPS) is 15.0. The van der Waals surface area contributed by atoms with Crippen molar-refractivity contribution in [3.05, 3.63) is 71.4 Å². The molecule has 144 valence electrons. The standard InChI is InChI=1S/C23H25N3O2/c1-16-8-10-17(11-9-16)22(27)25-21(23(28)26-12-4-5-13-26)14-18-15-24-20-7-3-2-6-19(18)20/h2-3,6-11,15,21,24H,4-5,12-14H2,1H3,(H,25,27)/t21-/m0/s1. The molecular formula is C23H25N3O2. The molecule has 1 fully saturated rings. The Morgan fingerprint density at radius 2 is 1.79 bits per heavy atom. The van der Waals surface area contributed by atoms with Gasteiger partial charge in [-0.05, 0) is 43.5 Å². The number of carbonyl (C=O) groups excluding carboxylic acids is 2. The quantitative estimate of drug-likeness (QED) is 0.717. The van der Waals surface area contributed by atoms with Crippen LogP contribution >= 0.6 is 0 Å². The van der Waals surface area contributed by atoms with Gasteiger partial charge in [0.1, 0.15) is 6.04 Å². The molecule has 1 atom stereocenters. The highest BCUT2D eigenvalue weighted by molar-refractivity contribution is 5.98. The number of carbonyl (C=O) groups is 2. The second-order valence-electron chi connectivity index (χ2n) is 7.49. The molecule has 2 N–H and O–H groups in total. The molecular weight excluding hydrogens is 350 g/mol. The van der Waals surface area contributed by atoms with Crippen LogP contribution in [0.1, 0.15) is 34.3 Å². The van der Waals surface area contributed by atoms with Crippen LogP contribution in [0.3, 0.4) is 0 Å². The van der Waals surface area contributed by atoms with Crippen LogP contribution in [0.25, 0.3) is 10.9 Å². The number of likely N-dealkylation sites (tertiary alicyclic amines) is 1. The summed E-state index contributed by atoms with van der Waals surface area (Å²) < 4.78 is 0. The van der Waals surface area contributed by atoms with Crippen LogP contribution in [-0.2, 0) is 11.2 Å². The van der Waals surface area contributed by atoms with E-state index in [1.54, 1.807) is 12.1 Å². The number of aryl methyl sites for hydroxylation is 1. The second kappa shape index (κ2) is 7.89. The maximum absolute atomic E-state index is 13.1. The van der Waals surface area contributed by atoms with Crippen molar-refractivity contribution in [2.24, 2.45) is 0 Å². The first-order chi connectivity index (χ1) is 13.6. The van der Waals surface area contributed by atoms with Gasteiger partial charge in [0.25, 0.3) is 5.91 Å². The molecule has 0 radical (unpaired) electrons. The Bertz CT molecular complexity index is 985. The molecule has 5 nitrogen and oxygen atoms in total. The highest BCUT2D eigenvalue weighted by Crippen LogP contribution is 2.20. The monoisotopic (exact) mass is 375 g/mol. The summed E-state index contributed by atoms with van der Waals surface area (Å²) in [6.07, 6.45) is 4.46. The Hall–Kier alpha value is -3.08. The Labute approximate surface area is 164 Å².